The standard InChI is InChI=1S/C16H20N2O3.C16H22N2O2.C2H2O4/c17-14-3-6-18(10-14)16(19)11-20-7-4-12-1-2-15-13(9-12)5-8-21-15;17-15-3-6-18(12-15)7-10-19-8-4-13-1-2-16-14(11-13)5-9-20-16;3-1(4)2(5)6/h1-2,5,8-9,14H,3-4,6-7,10-11,17H2;1-2,5,9,11,15H,3-4,6-8,10,12,17H2;(H,3,4)(H,5,6). The third-order valence-corrected chi connectivity index (χ3v) is 7.95. The summed E-state index contributed by atoms with van der Waals surface area (Å²) in [7, 11) is 0. The first-order chi connectivity index (χ1) is 22.7. The van der Waals surface area contributed by atoms with Gasteiger partial charge in [-0.2, -0.15) is 0 Å². The molecule has 0 aliphatic carbocycles. The van der Waals surface area contributed by atoms with Crippen molar-refractivity contribution in [1.29, 1.82) is 0 Å². The van der Waals surface area contributed by atoms with Gasteiger partial charge in [0.15, 0.2) is 0 Å². The minimum absolute atomic E-state index is 0.0354. The molecule has 4 aromatic rings. The zero-order valence-electron chi connectivity index (χ0n) is 26.4. The Kier molecular flexibility index (Phi) is 13.8. The fourth-order valence-electron chi connectivity index (χ4n) is 5.35. The Balaban J connectivity index is 0.000000182. The highest BCUT2D eigenvalue weighted by atomic mass is 16.5. The first-order valence-electron chi connectivity index (χ1n) is 15.7. The van der Waals surface area contributed by atoms with Gasteiger partial charge in [0.25, 0.3) is 0 Å². The van der Waals surface area contributed by atoms with E-state index in [1.165, 1.54) is 11.1 Å². The van der Waals surface area contributed by atoms with E-state index in [0.29, 0.717) is 19.2 Å². The number of hydrogen-bond acceptors (Lipinski definition) is 10. The summed E-state index contributed by atoms with van der Waals surface area (Å²) in [6.45, 7) is 6.76. The van der Waals surface area contributed by atoms with Crippen molar-refractivity contribution in [3.63, 3.8) is 0 Å². The summed E-state index contributed by atoms with van der Waals surface area (Å²) in [4.78, 5) is 34.2. The Morgan fingerprint density at radius 3 is 1.81 bits per heavy atom. The van der Waals surface area contributed by atoms with E-state index < -0.39 is 11.9 Å². The molecule has 2 aliphatic heterocycles. The second-order valence-corrected chi connectivity index (χ2v) is 11.6. The van der Waals surface area contributed by atoms with Crippen molar-refractivity contribution in [2.75, 3.05) is 59.2 Å². The summed E-state index contributed by atoms with van der Waals surface area (Å²) < 4.78 is 21.8. The summed E-state index contributed by atoms with van der Waals surface area (Å²) >= 11 is 0. The van der Waals surface area contributed by atoms with Crippen LogP contribution in [0.3, 0.4) is 0 Å². The summed E-state index contributed by atoms with van der Waals surface area (Å²) in [6, 6.07) is 16.8. The first kappa shape index (κ1) is 35.6. The Labute approximate surface area is 273 Å². The van der Waals surface area contributed by atoms with Crippen molar-refractivity contribution < 1.29 is 42.9 Å². The van der Waals surface area contributed by atoms with Gasteiger partial charge in [0.1, 0.15) is 17.8 Å². The lowest BCUT2D eigenvalue weighted by Gasteiger charge is -2.15. The summed E-state index contributed by atoms with van der Waals surface area (Å²) in [5.74, 6) is -3.61. The molecule has 2 fully saturated rings. The lowest BCUT2D eigenvalue weighted by atomic mass is 10.1. The molecule has 0 radical (unpaired) electrons. The van der Waals surface area contributed by atoms with Crippen molar-refractivity contribution >= 4 is 39.8 Å². The number of aliphatic carboxylic acids is 2. The molecular weight excluding hydrogens is 608 g/mol. The second-order valence-electron chi connectivity index (χ2n) is 11.6. The van der Waals surface area contributed by atoms with Crippen LogP contribution in [0.4, 0.5) is 0 Å². The van der Waals surface area contributed by atoms with Gasteiger partial charge < -0.3 is 44.9 Å². The molecular formula is C34H44N4O9. The topological polar surface area (TPSA) is 195 Å². The number of nitrogens with two attached hydrogens (primary N) is 2. The van der Waals surface area contributed by atoms with Crippen LogP contribution in [0.15, 0.2) is 69.9 Å². The third kappa shape index (κ3) is 11.8. The number of amides is 1. The van der Waals surface area contributed by atoms with Gasteiger partial charge >= 0.3 is 11.9 Å². The molecule has 1 amide bonds. The first-order valence-corrected chi connectivity index (χ1v) is 15.7. The zero-order chi connectivity index (χ0) is 33.6. The number of benzene rings is 2. The second kappa shape index (κ2) is 18.2. The van der Waals surface area contributed by atoms with E-state index in [-0.39, 0.29) is 18.6 Å². The number of ether oxygens (including phenoxy) is 2. The maximum atomic E-state index is 11.9. The number of likely N-dealkylation sites (tertiary alicyclic amines) is 2. The van der Waals surface area contributed by atoms with Crippen LogP contribution < -0.4 is 11.5 Å². The van der Waals surface area contributed by atoms with E-state index in [0.717, 1.165) is 87.0 Å². The average molecular weight is 653 g/mol. The predicted octanol–water partition coefficient (Wildman–Crippen LogP) is 2.73. The molecule has 47 heavy (non-hydrogen) atoms. The molecule has 4 heterocycles. The molecule has 13 heteroatoms. The Morgan fingerprint density at radius 1 is 0.745 bits per heavy atom. The van der Waals surface area contributed by atoms with Crippen LogP contribution in [-0.2, 0) is 36.7 Å². The van der Waals surface area contributed by atoms with E-state index in [1.807, 2.05) is 30.3 Å². The van der Waals surface area contributed by atoms with E-state index >= 15 is 0 Å². The highest BCUT2D eigenvalue weighted by Crippen LogP contribution is 2.18. The molecule has 2 aliphatic rings. The summed E-state index contributed by atoms with van der Waals surface area (Å²) in [6.07, 6.45) is 7.14. The van der Waals surface area contributed by atoms with E-state index in [4.69, 9.17) is 49.6 Å². The molecule has 2 saturated heterocycles. The molecule has 2 unspecified atom stereocenters. The average Bonchev–Trinajstić information content (AvgIpc) is 3.87. The lowest BCUT2D eigenvalue weighted by molar-refractivity contribution is -0.159. The van der Waals surface area contributed by atoms with Gasteiger partial charge in [-0.25, -0.2) is 9.59 Å². The normalized spacial score (nSPS) is 17.7. The van der Waals surface area contributed by atoms with E-state index in [9.17, 15) is 4.79 Å². The van der Waals surface area contributed by atoms with Crippen molar-refractivity contribution in [2.24, 2.45) is 11.5 Å². The molecule has 2 aromatic heterocycles. The number of carbonyl (C=O) groups excluding carboxylic acids is 1. The molecule has 2 atom stereocenters. The number of rotatable bonds is 11. The molecule has 6 N–H and O–H groups in total. The minimum Gasteiger partial charge on any atom is -0.473 e. The number of carboxylic acid groups (broad SMARTS) is 2. The van der Waals surface area contributed by atoms with Gasteiger partial charge in [0.2, 0.25) is 5.91 Å². The van der Waals surface area contributed by atoms with Crippen LogP contribution in [0, 0.1) is 0 Å². The third-order valence-electron chi connectivity index (χ3n) is 7.95. The lowest BCUT2D eigenvalue weighted by Crippen LogP contribution is -2.34. The van der Waals surface area contributed by atoms with Gasteiger partial charge in [0, 0.05) is 49.0 Å². The maximum Gasteiger partial charge on any atom is 0.414 e. The largest absolute Gasteiger partial charge is 0.473 e. The zero-order valence-corrected chi connectivity index (χ0v) is 26.4. The van der Waals surface area contributed by atoms with Crippen molar-refractivity contribution in [3.8, 4) is 0 Å². The number of fused-ring (bicyclic) bond motifs is 2. The number of carbonyl (C=O) groups is 3. The van der Waals surface area contributed by atoms with Gasteiger partial charge in [-0.05, 0) is 79.8 Å². The van der Waals surface area contributed by atoms with Crippen LogP contribution in [0.2, 0.25) is 0 Å². The summed E-state index contributed by atoms with van der Waals surface area (Å²) in [5.41, 5.74) is 16.0. The SMILES string of the molecule is NC1CCN(C(=O)COCCc2ccc3occc3c2)C1.NC1CCN(CCOCCc2ccc3occc3c2)C1.O=C(O)C(=O)O. The Morgan fingerprint density at radius 2 is 1.30 bits per heavy atom. The van der Waals surface area contributed by atoms with Gasteiger partial charge in [0.05, 0.1) is 32.3 Å². The van der Waals surface area contributed by atoms with Crippen LogP contribution in [-0.4, -0.2) is 109 Å². The number of furan rings is 2. The van der Waals surface area contributed by atoms with Crippen LogP contribution >= 0.6 is 0 Å². The highest BCUT2D eigenvalue weighted by Gasteiger charge is 2.23. The molecule has 0 spiro atoms. The van der Waals surface area contributed by atoms with Crippen molar-refractivity contribution in [2.45, 2.75) is 37.8 Å². The molecule has 2 aromatic carbocycles. The smallest absolute Gasteiger partial charge is 0.414 e. The molecule has 6 rings (SSSR count). The predicted molar refractivity (Wildman–Crippen MR) is 175 cm³/mol. The van der Waals surface area contributed by atoms with Crippen molar-refractivity contribution in [3.05, 3.63) is 72.2 Å². The molecule has 13 nitrogen and oxygen atoms in total. The van der Waals surface area contributed by atoms with Crippen LogP contribution in [0.1, 0.15) is 24.0 Å². The minimum atomic E-state index is -1.82. The number of nitrogens with zero attached hydrogens (tertiary/aromatic N) is 2. The van der Waals surface area contributed by atoms with Crippen LogP contribution in [0.5, 0.6) is 0 Å². The summed E-state index contributed by atoms with van der Waals surface area (Å²) in [5, 5.41) is 17.0. The fourth-order valence-corrected chi connectivity index (χ4v) is 5.35. The monoisotopic (exact) mass is 652 g/mol. The Hall–Kier alpha value is -4.27. The highest BCUT2D eigenvalue weighted by molar-refractivity contribution is 6.27. The van der Waals surface area contributed by atoms with Gasteiger partial charge in [-0.1, -0.05) is 12.1 Å². The molecule has 0 bridgehead atoms. The van der Waals surface area contributed by atoms with Gasteiger partial charge in [-0.3, -0.25) is 9.69 Å². The van der Waals surface area contributed by atoms with E-state index in [2.05, 4.69) is 23.1 Å². The molecule has 0 saturated carbocycles. The van der Waals surface area contributed by atoms with Gasteiger partial charge in [-0.15, -0.1) is 0 Å². The maximum absolute atomic E-state index is 11.9. The quantitative estimate of drug-likeness (QED) is 0.137. The fraction of sp³-hybridized carbons (Fsp3) is 0.441. The van der Waals surface area contributed by atoms with E-state index in [1.54, 1.807) is 17.4 Å². The Bertz CT molecular complexity index is 1570. The molecule has 254 valence electrons. The number of hydrogen-bond donors (Lipinski definition) is 4. The van der Waals surface area contributed by atoms with Crippen LogP contribution in [0.25, 0.3) is 21.9 Å². The van der Waals surface area contributed by atoms with Crippen molar-refractivity contribution in [1.82, 2.24) is 9.80 Å². The number of carboxylic acids is 2.